The van der Waals surface area contributed by atoms with E-state index in [1.54, 1.807) is 0 Å². The van der Waals surface area contributed by atoms with E-state index in [1.807, 2.05) is 4.90 Å². The number of anilines is 2. The number of halogens is 3. The molecule has 0 aromatic heterocycles. The van der Waals surface area contributed by atoms with Crippen molar-refractivity contribution in [1.29, 1.82) is 0 Å². The van der Waals surface area contributed by atoms with E-state index in [1.165, 1.54) is 37.3 Å². The topological polar surface area (TPSA) is 88.1 Å². The molecule has 0 bridgehead atoms. The van der Waals surface area contributed by atoms with E-state index in [2.05, 4.69) is 5.32 Å². The number of nitrogens with one attached hydrogen (secondary N) is 1. The van der Waals surface area contributed by atoms with E-state index in [9.17, 15) is 27.9 Å². The van der Waals surface area contributed by atoms with Crippen molar-refractivity contribution < 1.29 is 37.3 Å². The van der Waals surface area contributed by atoms with Gasteiger partial charge in [-0.15, -0.1) is 0 Å². The molecule has 1 fully saturated rings. The molecule has 2 aromatic rings. The minimum absolute atomic E-state index is 0.0349. The number of aromatic hydroxyl groups is 1. The first kappa shape index (κ1) is 22.4. The van der Waals surface area contributed by atoms with Gasteiger partial charge >= 0.3 is 12.1 Å². The van der Waals surface area contributed by atoms with Gasteiger partial charge < -0.3 is 24.8 Å². The lowest BCUT2D eigenvalue weighted by atomic mass is 10.1. The number of nitrogens with zero attached hydrogens (tertiary/aromatic N) is 1. The first-order valence-electron chi connectivity index (χ1n) is 9.50. The van der Waals surface area contributed by atoms with E-state index in [4.69, 9.17) is 9.47 Å². The average Bonchev–Trinajstić information content (AvgIpc) is 2.73. The number of morpholine rings is 1. The molecule has 1 saturated heterocycles. The van der Waals surface area contributed by atoms with Crippen molar-refractivity contribution in [3.8, 4) is 5.75 Å². The molecule has 1 aliphatic heterocycles. The van der Waals surface area contributed by atoms with Crippen LogP contribution in [-0.2, 0) is 20.4 Å². The molecule has 166 valence electrons. The van der Waals surface area contributed by atoms with Gasteiger partial charge in [-0.2, -0.15) is 13.2 Å². The van der Waals surface area contributed by atoms with E-state index >= 15 is 0 Å². The lowest BCUT2D eigenvalue weighted by molar-refractivity contribution is -0.137. The third-order valence-electron chi connectivity index (χ3n) is 4.67. The summed E-state index contributed by atoms with van der Waals surface area (Å²) in [6, 6.07) is 8.49. The Morgan fingerprint density at radius 1 is 1.16 bits per heavy atom. The highest BCUT2D eigenvalue weighted by molar-refractivity contribution is 5.99. The third kappa shape index (κ3) is 5.66. The summed E-state index contributed by atoms with van der Waals surface area (Å²) in [5, 5.41) is 11.9. The van der Waals surface area contributed by atoms with Crippen LogP contribution in [0.5, 0.6) is 5.75 Å². The normalized spacial score (nSPS) is 15.3. The second-order valence-electron chi connectivity index (χ2n) is 6.92. The number of ether oxygens (including phenoxy) is 2. The van der Waals surface area contributed by atoms with Crippen LogP contribution in [0.4, 0.5) is 24.5 Å². The van der Waals surface area contributed by atoms with Gasteiger partial charge in [0.2, 0.25) is 0 Å². The zero-order valence-electron chi connectivity index (χ0n) is 16.6. The van der Waals surface area contributed by atoms with Gasteiger partial charge in [0.15, 0.2) is 6.10 Å². The van der Waals surface area contributed by atoms with Crippen LogP contribution in [0.25, 0.3) is 0 Å². The van der Waals surface area contributed by atoms with Gasteiger partial charge in [0.05, 0.1) is 35.7 Å². The van der Waals surface area contributed by atoms with Crippen molar-refractivity contribution in [2.75, 3.05) is 36.5 Å². The van der Waals surface area contributed by atoms with Crippen molar-refractivity contribution in [3.63, 3.8) is 0 Å². The van der Waals surface area contributed by atoms with Crippen molar-refractivity contribution in [2.24, 2.45) is 0 Å². The van der Waals surface area contributed by atoms with Crippen LogP contribution in [0.1, 0.15) is 22.8 Å². The first-order chi connectivity index (χ1) is 14.6. The van der Waals surface area contributed by atoms with Crippen molar-refractivity contribution in [3.05, 3.63) is 53.6 Å². The number of phenols is 1. The van der Waals surface area contributed by atoms with Crippen molar-refractivity contribution in [2.45, 2.75) is 19.2 Å². The van der Waals surface area contributed by atoms with Gasteiger partial charge in [-0.3, -0.25) is 4.79 Å². The maximum absolute atomic E-state index is 13.2. The molecule has 10 heteroatoms. The number of alkyl halides is 3. The molecule has 1 atom stereocenters. The fourth-order valence-corrected chi connectivity index (χ4v) is 3.04. The summed E-state index contributed by atoms with van der Waals surface area (Å²) in [4.78, 5) is 26.6. The van der Waals surface area contributed by atoms with Crippen LogP contribution in [0.3, 0.4) is 0 Å². The van der Waals surface area contributed by atoms with Gasteiger partial charge in [-0.05, 0) is 43.3 Å². The molecule has 31 heavy (non-hydrogen) atoms. The molecule has 0 spiro atoms. The van der Waals surface area contributed by atoms with Crippen LogP contribution < -0.4 is 10.2 Å². The Morgan fingerprint density at radius 3 is 2.52 bits per heavy atom. The largest absolute Gasteiger partial charge is 0.508 e. The standard InChI is InChI=1S/C21H21F3N2O5/c1-13(31-20(29)14-3-2-4-16(27)11-14)19(28)25-17-12-15(21(22,23)24)5-6-18(17)26-7-9-30-10-8-26/h2-6,11-13,27H,7-10H2,1H3,(H,25,28). The second-order valence-corrected chi connectivity index (χ2v) is 6.92. The Bertz CT molecular complexity index is 958. The number of carbonyl (C=O) groups is 2. The third-order valence-corrected chi connectivity index (χ3v) is 4.67. The number of esters is 1. The number of phenolic OH excluding ortho intramolecular Hbond substituents is 1. The smallest absolute Gasteiger partial charge is 0.416 e. The molecule has 2 aromatic carbocycles. The predicted molar refractivity (Wildman–Crippen MR) is 106 cm³/mol. The van der Waals surface area contributed by atoms with Crippen LogP contribution >= 0.6 is 0 Å². The number of hydrogen-bond donors (Lipinski definition) is 2. The molecule has 1 amide bonds. The molecule has 0 aliphatic carbocycles. The summed E-state index contributed by atoms with van der Waals surface area (Å²) < 4.78 is 49.9. The molecule has 0 radical (unpaired) electrons. The lowest BCUT2D eigenvalue weighted by Crippen LogP contribution is -2.37. The minimum Gasteiger partial charge on any atom is -0.508 e. The summed E-state index contributed by atoms with van der Waals surface area (Å²) in [5.74, 6) is -1.79. The summed E-state index contributed by atoms with van der Waals surface area (Å²) in [5.41, 5.74) is -0.505. The Hall–Kier alpha value is -3.27. The Labute approximate surface area is 176 Å². The van der Waals surface area contributed by atoms with Gasteiger partial charge in [-0.25, -0.2) is 4.79 Å². The number of hydrogen-bond acceptors (Lipinski definition) is 6. The summed E-state index contributed by atoms with van der Waals surface area (Å²) >= 11 is 0. The SMILES string of the molecule is CC(OC(=O)c1cccc(O)c1)C(=O)Nc1cc(C(F)(F)F)ccc1N1CCOCC1. The van der Waals surface area contributed by atoms with E-state index < -0.39 is 29.7 Å². The molecule has 1 aliphatic rings. The quantitative estimate of drug-likeness (QED) is 0.696. The predicted octanol–water partition coefficient (Wildman–Crippen LogP) is 3.43. The maximum atomic E-state index is 13.2. The minimum atomic E-state index is -4.59. The highest BCUT2D eigenvalue weighted by atomic mass is 19.4. The Balaban J connectivity index is 1.78. The molecule has 2 N–H and O–H groups in total. The molecule has 0 saturated carbocycles. The van der Waals surface area contributed by atoms with Gasteiger partial charge in [0, 0.05) is 13.1 Å². The monoisotopic (exact) mass is 438 g/mol. The zero-order valence-corrected chi connectivity index (χ0v) is 16.6. The van der Waals surface area contributed by atoms with Gasteiger partial charge in [-0.1, -0.05) is 6.07 Å². The highest BCUT2D eigenvalue weighted by Crippen LogP contribution is 2.36. The number of benzene rings is 2. The van der Waals surface area contributed by atoms with Crippen LogP contribution in [0.2, 0.25) is 0 Å². The van der Waals surface area contributed by atoms with Gasteiger partial charge in [0.1, 0.15) is 5.75 Å². The molecule has 1 heterocycles. The van der Waals surface area contributed by atoms with Gasteiger partial charge in [0.25, 0.3) is 5.91 Å². The summed E-state index contributed by atoms with van der Waals surface area (Å²) in [6.45, 7) is 3.03. The molecule has 7 nitrogen and oxygen atoms in total. The number of carbonyl (C=O) groups excluding carboxylic acids is 2. The van der Waals surface area contributed by atoms with Crippen molar-refractivity contribution in [1.82, 2.24) is 0 Å². The fraction of sp³-hybridized carbons (Fsp3) is 0.333. The molecule has 1 unspecified atom stereocenters. The van der Waals surface area contributed by atoms with Crippen LogP contribution in [0.15, 0.2) is 42.5 Å². The number of rotatable bonds is 5. The summed E-state index contributed by atoms with van der Waals surface area (Å²) in [7, 11) is 0. The average molecular weight is 438 g/mol. The van der Waals surface area contributed by atoms with E-state index in [0.717, 1.165) is 12.1 Å². The van der Waals surface area contributed by atoms with Crippen LogP contribution in [-0.4, -0.2) is 49.4 Å². The first-order valence-corrected chi connectivity index (χ1v) is 9.50. The Kier molecular flexibility index (Phi) is 6.69. The molecular formula is C21H21F3N2O5. The zero-order chi connectivity index (χ0) is 22.6. The highest BCUT2D eigenvalue weighted by Gasteiger charge is 2.32. The van der Waals surface area contributed by atoms with E-state index in [-0.39, 0.29) is 17.0 Å². The molecular weight excluding hydrogens is 417 g/mol. The fourth-order valence-electron chi connectivity index (χ4n) is 3.04. The van der Waals surface area contributed by atoms with Crippen LogP contribution in [0, 0.1) is 0 Å². The van der Waals surface area contributed by atoms with Crippen molar-refractivity contribution >= 4 is 23.3 Å². The summed E-state index contributed by atoms with van der Waals surface area (Å²) in [6.07, 6.45) is -5.88. The van der Waals surface area contributed by atoms with E-state index in [0.29, 0.717) is 32.0 Å². The maximum Gasteiger partial charge on any atom is 0.416 e. The lowest BCUT2D eigenvalue weighted by Gasteiger charge is -2.31. The second kappa shape index (κ2) is 9.25. The molecule has 3 rings (SSSR count). The Morgan fingerprint density at radius 2 is 1.87 bits per heavy atom. The number of amides is 1.